The molecule has 40 heavy (non-hydrogen) atoms. The molecule has 1 fully saturated rings. The van der Waals surface area contributed by atoms with E-state index in [9.17, 15) is 31.2 Å². The SMILES string of the molecule is CCS(=O)(=O)c1ccc(Cl)cc1CNC(=O)c1ccc(CN2CCCC(NC(=O)C(C)(C)N)C2)c(C(F)(F)F)c1. The van der Waals surface area contributed by atoms with Crippen molar-refractivity contribution in [1.82, 2.24) is 15.5 Å². The summed E-state index contributed by atoms with van der Waals surface area (Å²) in [6.07, 6.45) is -3.33. The minimum absolute atomic E-state index is 0.00125. The predicted molar refractivity (Wildman–Crippen MR) is 147 cm³/mol. The summed E-state index contributed by atoms with van der Waals surface area (Å²) in [5.74, 6) is -1.29. The number of nitrogens with zero attached hydrogens (tertiary/aromatic N) is 1. The van der Waals surface area contributed by atoms with Crippen LogP contribution in [0.5, 0.6) is 0 Å². The van der Waals surface area contributed by atoms with Gasteiger partial charge in [-0.2, -0.15) is 13.2 Å². The van der Waals surface area contributed by atoms with E-state index in [1.165, 1.54) is 37.3 Å². The molecule has 0 aromatic heterocycles. The Labute approximate surface area is 237 Å². The molecule has 0 saturated carbocycles. The smallest absolute Gasteiger partial charge is 0.351 e. The van der Waals surface area contributed by atoms with Crippen LogP contribution in [-0.2, 0) is 33.9 Å². The van der Waals surface area contributed by atoms with Gasteiger partial charge in [-0.3, -0.25) is 14.5 Å². The molecule has 0 spiro atoms. The monoisotopic (exact) mass is 602 g/mol. The summed E-state index contributed by atoms with van der Waals surface area (Å²) in [5.41, 5.74) is 3.85. The number of likely N-dealkylation sites (tertiary alicyclic amines) is 1. The van der Waals surface area contributed by atoms with Crippen LogP contribution >= 0.6 is 11.6 Å². The van der Waals surface area contributed by atoms with Crippen molar-refractivity contribution in [2.24, 2.45) is 5.73 Å². The molecular weight excluding hydrogens is 569 g/mol. The van der Waals surface area contributed by atoms with Crippen LogP contribution in [0.25, 0.3) is 0 Å². The van der Waals surface area contributed by atoms with Crippen molar-refractivity contribution in [3.63, 3.8) is 0 Å². The first kappa shape index (κ1) is 31.9. The van der Waals surface area contributed by atoms with Crippen molar-refractivity contribution in [2.75, 3.05) is 18.8 Å². The number of carbonyl (C=O) groups excluding carboxylic acids is 2. The molecule has 0 aliphatic carbocycles. The number of amides is 2. The summed E-state index contributed by atoms with van der Waals surface area (Å²) < 4.78 is 66.9. The lowest BCUT2D eigenvalue weighted by Crippen LogP contribution is -2.55. The first-order chi connectivity index (χ1) is 18.5. The number of sulfone groups is 1. The predicted octanol–water partition coefficient (Wildman–Crippen LogP) is 3.90. The Morgan fingerprint density at radius 1 is 1.12 bits per heavy atom. The average Bonchev–Trinajstić information content (AvgIpc) is 2.86. The van der Waals surface area contributed by atoms with Crippen LogP contribution in [0.2, 0.25) is 5.02 Å². The van der Waals surface area contributed by atoms with Crippen LogP contribution in [0, 0.1) is 0 Å². The third-order valence-electron chi connectivity index (χ3n) is 6.67. The minimum atomic E-state index is -4.71. The quantitative estimate of drug-likeness (QED) is 0.400. The van der Waals surface area contributed by atoms with Crippen LogP contribution in [0.15, 0.2) is 41.3 Å². The van der Waals surface area contributed by atoms with Gasteiger partial charge >= 0.3 is 6.18 Å². The number of nitrogens with two attached hydrogens (primary N) is 1. The Morgan fingerprint density at radius 3 is 2.45 bits per heavy atom. The normalized spacial score (nSPS) is 16.9. The van der Waals surface area contributed by atoms with Crippen molar-refractivity contribution >= 4 is 33.3 Å². The van der Waals surface area contributed by atoms with Crippen LogP contribution in [0.3, 0.4) is 0 Å². The maximum Gasteiger partial charge on any atom is 0.416 e. The lowest BCUT2D eigenvalue weighted by Gasteiger charge is -2.35. The Hall–Kier alpha value is -2.67. The van der Waals surface area contributed by atoms with E-state index in [4.69, 9.17) is 17.3 Å². The van der Waals surface area contributed by atoms with Gasteiger partial charge in [0.2, 0.25) is 5.91 Å². The van der Waals surface area contributed by atoms with Gasteiger partial charge in [0.25, 0.3) is 5.91 Å². The third kappa shape index (κ3) is 8.18. The molecule has 3 rings (SSSR count). The van der Waals surface area contributed by atoms with Crippen molar-refractivity contribution in [2.45, 2.75) is 69.4 Å². The second-order valence-corrected chi connectivity index (χ2v) is 13.2. The second-order valence-electron chi connectivity index (χ2n) is 10.5. The zero-order valence-electron chi connectivity index (χ0n) is 22.6. The summed E-state index contributed by atoms with van der Waals surface area (Å²) in [5, 5.41) is 5.63. The molecule has 1 aliphatic rings. The molecule has 13 heteroatoms. The van der Waals surface area contributed by atoms with E-state index < -0.39 is 33.0 Å². The second kappa shape index (κ2) is 12.5. The van der Waals surface area contributed by atoms with Gasteiger partial charge in [0, 0.05) is 36.3 Å². The molecule has 1 heterocycles. The van der Waals surface area contributed by atoms with Crippen molar-refractivity contribution < 1.29 is 31.2 Å². The molecule has 0 bridgehead atoms. The average molecular weight is 603 g/mol. The Balaban J connectivity index is 1.77. The van der Waals surface area contributed by atoms with Gasteiger partial charge in [-0.1, -0.05) is 24.6 Å². The van der Waals surface area contributed by atoms with E-state index in [0.717, 1.165) is 6.07 Å². The van der Waals surface area contributed by atoms with Gasteiger partial charge in [0.15, 0.2) is 9.84 Å². The van der Waals surface area contributed by atoms with E-state index in [-0.39, 0.29) is 57.4 Å². The number of hydrogen-bond acceptors (Lipinski definition) is 6. The highest BCUT2D eigenvalue weighted by Crippen LogP contribution is 2.34. The molecule has 1 aliphatic heterocycles. The fraction of sp³-hybridized carbons (Fsp3) is 0.481. The highest BCUT2D eigenvalue weighted by atomic mass is 35.5. The maximum absolute atomic E-state index is 14.0. The number of nitrogens with one attached hydrogen (secondary N) is 2. The minimum Gasteiger partial charge on any atom is -0.351 e. The number of rotatable bonds is 9. The number of benzene rings is 2. The van der Waals surface area contributed by atoms with E-state index >= 15 is 0 Å². The number of alkyl halides is 3. The first-order valence-corrected chi connectivity index (χ1v) is 14.9. The first-order valence-electron chi connectivity index (χ1n) is 12.8. The van der Waals surface area contributed by atoms with Gasteiger partial charge in [0.05, 0.1) is 21.8 Å². The topological polar surface area (TPSA) is 122 Å². The summed E-state index contributed by atoms with van der Waals surface area (Å²) in [6, 6.07) is 7.30. The Bertz CT molecular complexity index is 1360. The Kier molecular flexibility index (Phi) is 9.92. The summed E-state index contributed by atoms with van der Waals surface area (Å²) in [7, 11) is -3.61. The highest BCUT2D eigenvalue weighted by molar-refractivity contribution is 7.91. The molecule has 2 amide bonds. The van der Waals surface area contributed by atoms with Crippen LogP contribution in [0.4, 0.5) is 13.2 Å². The molecule has 1 saturated heterocycles. The van der Waals surface area contributed by atoms with Gasteiger partial charge in [-0.05, 0) is 74.7 Å². The zero-order valence-corrected chi connectivity index (χ0v) is 24.1. The molecule has 1 atom stereocenters. The molecule has 220 valence electrons. The van der Waals surface area contributed by atoms with Crippen molar-refractivity contribution in [3.05, 3.63) is 63.7 Å². The zero-order chi connectivity index (χ0) is 29.9. The van der Waals surface area contributed by atoms with Gasteiger partial charge in [-0.25, -0.2) is 8.42 Å². The number of piperidine rings is 1. The fourth-order valence-electron chi connectivity index (χ4n) is 4.47. The molecule has 0 radical (unpaired) electrons. The van der Waals surface area contributed by atoms with Crippen LogP contribution in [0.1, 0.15) is 60.7 Å². The number of hydrogen-bond donors (Lipinski definition) is 3. The molecule has 2 aromatic rings. The molecular formula is C27H34ClF3N4O4S. The summed E-state index contributed by atoms with van der Waals surface area (Å²) >= 11 is 6.00. The lowest BCUT2D eigenvalue weighted by atomic mass is 9.99. The van der Waals surface area contributed by atoms with E-state index in [1.807, 2.05) is 4.90 Å². The van der Waals surface area contributed by atoms with E-state index in [1.54, 1.807) is 13.8 Å². The molecule has 2 aromatic carbocycles. The van der Waals surface area contributed by atoms with Crippen LogP contribution < -0.4 is 16.4 Å². The van der Waals surface area contributed by atoms with Crippen LogP contribution in [-0.4, -0.2) is 55.6 Å². The Morgan fingerprint density at radius 2 is 1.82 bits per heavy atom. The third-order valence-corrected chi connectivity index (χ3v) is 8.74. The number of halogens is 4. The molecule has 8 nitrogen and oxygen atoms in total. The van der Waals surface area contributed by atoms with Gasteiger partial charge < -0.3 is 16.4 Å². The standard InChI is InChI=1S/C27H34ClF3N4O4S/c1-4-40(38,39)23-10-9-20(28)12-19(23)14-33-24(36)17-7-8-18(22(13-17)27(29,30)31)15-35-11-5-6-21(16-35)34-25(37)26(2,3)32/h7-10,12-13,21H,4-6,11,14-16,32H2,1-3H3,(H,33,36)(H,34,37). The van der Waals surface area contributed by atoms with E-state index in [2.05, 4.69) is 10.6 Å². The highest BCUT2D eigenvalue weighted by Gasteiger charge is 2.35. The largest absolute Gasteiger partial charge is 0.416 e. The van der Waals surface area contributed by atoms with E-state index in [0.29, 0.717) is 25.9 Å². The summed E-state index contributed by atoms with van der Waals surface area (Å²) in [6.45, 7) is 5.31. The van der Waals surface area contributed by atoms with Gasteiger partial charge in [0.1, 0.15) is 0 Å². The van der Waals surface area contributed by atoms with Crippen molar-refractivity contribution in [1.29, 1.82) is 0 Å². The van der Waals surface area contributed by atoms with Gasteiger partial charge in [-0.15, -0.1) is 0 Å². The van der Waals surface area contributed by atoms with Crippen molar-refractivity contribution in [3.8, 4) is 0 Å². The fourth-order valence-corrected chi connectivity index (χ4v) is 5.78. The number of carbonyl (C=O) groups is 2. The summed E-state index contributed by atoms with van der Waals surface area (Å²) in [4.78, 5) is 26.9. The maximum atomic E-state index is 14.0. The molecule has 4 N–H and O–H groups in total. The lowest BCUT2D eigenvalue weighted by molar-refractivity contribution is -0.138. The molecule has 1 unspecified atom stereocenters.